The van der Waals surface area contributed by atoms with Crippen LogP contribution >= 0.6 is 0 Å². The van der Waals surface area contributed by atoms with Crippen LogP contribution in [0, 0.1) is 5.82 Å². The number of benzene rings is 2. The molecule has 0 bridgehead atoms. The smallest absolute Gasteiger partial charge is 0.383 e. The minimum atomic E-state index is -4.91. The molecule has 1 atom stereocenters. The fourth-order valence-electron chi connectivity index (χ4n) is 4.82. The van der Waals surface area contributed by atoms with E-state index >= 15 is 0 Å². The maximum Gasteiger partial charge on any atom is 0.416 e. The summed E-state index contributed by atoms with van der Waals surface area (Å²) in [6, 6.07) is 7.63. The maximum absolute atomic E-state index is 13.7. The van der Waals surface area contributed by atoms with Crippen molar-refractivity contribution in [2.75, 3.05) is 18.8 Å². The number of nitrogens with two attached hydrogens (primary N) is 1. The summed E-state index contributed by atoms with van der Waals surface area (Å²) in [6.07, 6.45) is -1.97. The number of nitrogens with one attached hydrogen (secondary N) is 1. The van der Waals surface area contributed by atoms with Crippen molar-refractivity contribution in [3.8, 4) is 11.3 Å². The number of piperidine rings is 1. The van der Waals surface area contributed by atoms with Crippen molar-refractivity contribution in [3.05, 3.63) is 65.7 Å². The van der Waals surface area contributed by atoms with Gasteiger partial charge in [-0.3, -0.25) is 4.79 Å². The van der Waals surface area contributed by atoms with Crippen molar-refractivity contribution in [2.24, 2.45) is 0 Å². The molecule has 5 rings (SSSR count). The van der Waals surface area contributed by atoms with Gasteiger partial charge in [-0.2, -0.15) is 18.3 Å². The summed E-state index contributed by atoms with van der Waals surface area (Å²) in [5.41, 5.74) is 6.95. The van der Waals surface area contributed by atoms with Gasteiger partial charge in [-0.25, -0.2) is 32.2 Å². The fourth-order valence-corrected chi connectivity index (χ4v) is 5.89. The molecule has 1 saturated heterocycles. The van der Waals surface area contributed by atoms with E-state index in [9.17, 15) is 30.8 Å². The zero-order chi connectivity index (χ0) is 29.5. The van der Waals surface area contributed by atoms with Gasteiger partial charge in [0.15, 0.2) is 5.65 Å². The van der Waals surface area contributed by atoms with Crippen LogP contribution in [0.25, 0.3) is 22.3 Å². The Bertz CT molecular complexity index is 1720. The molecule has 15 heteroatoms. The van der Waals surface area contributed by atoms with E-state index in [0.29, 0.717) is 53.1 Å². The minimum Gasteiger partial charge on any atom is -0.383 e. The molecule has 0 radical (unpaired) electrons. The summed E-state index contributed by atoms with van der Waals surface area (Å²) in [7, 11) is -4.45. The molecule has 1 fully saturated rings. The molecule has 2 aromatic carbocycles. The third-order valence-corrected chi connectivity index (χ3v) is 8.29. The lowest BCUT2D eigenvalue weighted by atomic mass is 10.1. The molecule has 41 heavy (non-hydrogen) atoms. The van der Waals surface area contributed by atoms with E-state index in [1.54, 1.807) is 33.8 Å². The van der Waals surface area contributed by atoms with E-state index < -0.39 is 32.5 Å². The molecule has 0 spiro atoms. The Morgan fingerprint density at radius 3 is 2.56 bits per heavy atom. The van der Waals surface area contributed by atoms with Gasteiger partial charge in [0, 0.05) is 32.1 Å². The fraction of sp³-hybridized carbons (Fsp3) is 0.308. The number of amides is 1. The third-order valence-electron chi connectivity index (χ3n) is 6.91. The van der Waals surface area contributed by atoms with Crippen molar-refractivity contribution in [1.29, 1.82) is 0 Å². The first kappa shape index (κ1) is 28.4. The lowest BCUT2D eigenvalue weighted by molar-refractivity contribution is -0.138. The number of likely N-dealkylation sites (tertiary alicyclic amines) is 1. The van der Waals surface area contributed by atoms with Gasteiger partial charge in [-0.1, -0.05) is 24.3 Å². The van der Waals surface area contributed by atoms with Crippen LogP contribution in [0.15, 0.2) is 53.7 Å². The number of hydrogen-bond acceptors (Lipinski definition) is 7. The van der Waals surface area contributed by atoms with Crippen LogP contribution < -0.4 is 10.5 Å². The highest BCUT2D eigenvalue weighted by atomic mass is 32.2. The Morgan fingerprint density at radius 2 is 1.88 bits per heavy atom. The first-order valence-electron chi connectivity index (χ1n) is 12.5. The monoisotopic (exact) mass is 591 g/mol. The Balaban J connectivity index is 1.39. The van der Waals surface area contributed by atoms with E-state index in [0.717, 1.165) is 12.8 Å². The van der Waals surface area contributed by atoms with Crippen molar-refractivity contribution in [1.82, 2.24) is 29.4 Å². The Hall–Kier alpha value is -4.11. The molecule has 2 aromatic heterocycles. The maximum atomic E-state index is 13.7. The van der Waals surface area contributed by atoms with Crippen LogP contribution in [0.4, 0.5) is 23.4 Å². The highest BCUT2D eigenvalue weighted by Crippen LogP contribution is 2.34. The molecule has 3 N–H and O–H groups in total. The Morgan fingerprint density at radius 1 is 1.15 bits per heavy atom. The van der Waals surface area contributed by atoms with E-state index in [4.69, 9.17) is 10.8 Å². The number of anilines is 1. The summed E-state index contributed by atoms with van der Waals surface area (Å²) < 4.78 is 82.0. The molecule has 10 nitrogen and oxygen atoms in total. The number of nitrogens with zero attached hydrogens (tertiary/aromatic N) is 5. The zero-order valence-electron chi connectivity index (χ0n) is 21.7. The van der Waals surface area contributed by atoms with Gasteiger partial charge in [-0.15, -0.1) is 0 Å². The number of rotatable bonds is 6. The predicted octanol–water partition coefficient (Wildman–Crippen LogP) is 3.90. The second kappa shape index (κ2) is 10.7. The lowest BCUT2D eigenvalue weighted by Gasteiger charge is -2.32. The molecule has 0 aliphatic carbocycles. The van der Waals surface area contributed by atoms with Crippen molar-refractivity contribution in [3.63, 3.8) is 0 Å². The summed E-state index contributed by atoms with van der Waals surface area (Å²) in [5.74, 6) is -1.12. The van der Waals surface area contributed by atoms with Gasteiger partial charge in [0.05, 0.1) is 21.9 Å². The average molecular weight is 592 g/mol. The first-order valence-corrected chi connectivity index (χ1v) is 14.0. The summed E-state index contributed by atoms with van der Waals surface area (Å²) >= 11 is 0. The largest absolute Gasteiger partial charge is 0.416 e. The molecular weight excluding hydrogens is 566 g/mol. The molecule has 216 valence electrons. The number of aromatic nitrogens is 4. The first-order chi connectivity index (χ1) is 19.3. The Labute approximate surface area is 232 Å². The predicted molar refractivity (Wildman–Crippen MR) is 141 cm³/mol. The van der Waals surface area contributed by atoms with E-state index in [-0.39, 0.29) is 30.4 Å². The highest BCUT2D eigenvalue weighted by molar-refractivity contribution is 7.89. The average Bonchev–Trinajstić information content (AvgIpc) is 3.32. The number of hydrogen-bond donors (Lipinski definition) is 2. The van der Waals surface area contributed by atoms with Crippen LogP contribution in [0.2, 0.25) is 0 Å². The van der Waals surface area contributed by atoms with Gasteiger partial charge in [0.2, 0.25) is 15.9 Å². The van der Waals surface area contributed by atoms with Crippen LogP contribution in [-0.4, -0.2) is 52.1 Å². The quantitative estimate of drug-likeness (QED) is 0.325. The molecule has 1 amide bonds. The second-order valence-corrected chi connectivity index (χ2v) is 11.5. The number of nitrogen functional groups attached to an aromatic ring is 1. The van der Waals surface area contributed by atoms with Gasteiger partial charge < -0.3 is 10.6 Å². The zero-order valence-corrected chi connectivity index (χ0v) is 22.5. The number of sulfonamides is 1. The van der Waals surface area contributed by atoms with Gasteiger partial charge in [-0.05, 0) is 36.6 Å². The summed E-state index contributed by atoms with van der Waals surface area (Å²) in [4.78, 5) is 21.4. The van der Waals surface area contributed by atoms with Crippen molar-refractivity contribution < 1.29 is 30.8 Å². The topological polar surface area (TPSA) is 136 Å². The molecular formula is C26H25F4N7O3S. The van der Waals surface area contributed by atoms with Gasteiger partial charge in [0.25, 0.3) is 0 Å². The van der Waals surface area contributed by atoms with E-state index in [1.165, 1.54) is 13.3 Å². The number of fused-ring (bicyclic) bond motifs is 1. The number of carbonyl (C=O) groups excluding carboxylic acids is 1. The second-order valence-electron chi connectivity index (χ2n) is 9.71. The van der Waals surface area contributed by atoms with Crippen molar-refractivity contribution in [2.45, 2.75) is 43.4 Å². The minimum absolute atomic E-state index is 0.0232. The summed E-state index contributed by atoms with van der Waals surface area (Å²) in [6.45, 7) is 2.41. The number of halogens is 4. The normalized spacial score (nSPS) is 16.3. The van der Waals surface area contributed by atoms with Gasteiger partial charge in [0.1, 0.15) is 23.7 Å². The van der Waals surface area contributed by atoms with Crippen LogP contribution in [0.3, 0.4) is 0 Å². The van der Waals surface area contributed by atoms with Crippen LogP contribution in [-0.2, 0) is 27.5 Å². The number of carbonyl (C=O) groups is 1. The van der Waals surface area contributed by atoms with Crippen LogP contribution in [0.5, 0.6) is 0 Å². The molecule has 0 unspecified atom stereocenters. The van der Waals surface area contributed by atoms with E-state index in [2.05, 4.69) is 14.7 Å². The van der Waals surface area contributed by atoms with E-state index in [1.807, 2.05) is 0 Å². The molecule has 4 aromatic rings. The summed E-state index contributed by atoms with van der Waals surface area (Å²) in [5, 5.41) is 5.32. The molecule has 1 aliphatic heterocycles. The van der Waals surface area contributed by atoms with Crippen LogP contribution in [0.1, 0.15) is 36.9 Å². The SMILES string of the molecule is CC(=O)N1CCC[C@@H](n2nc(-c3ccc(CNS(=O)(=O)c4cc(F)cc(C(F)(F)F)c4)cc3)c3c(N)ncnc32)C1. The third kappa shape index (κ3) is 5.86. The molecule has 0 saturated carbocycles. The van der Waals surface area contributed by atoms with Gasteiger partial charge >= 0.3 is 6.18 Å². The van der Waals surface area contributed by atoms with Crippen molar-refractivity contribution >= 4 is 32.8 Å². The lowest BCUT2D eigenvalue weighted by Crippen LogP contribution is -2.39. The molecule has 3 heterocycles. The Kier molecular flexibility index (Phi) is 7.42. The number of alkyl halides is 3. The highest BCUT2D eigenvalue weighted by Gasteiger charge is 2.33. The molecule has 1 aliphatic rings. The standard InChI is InChI=1S/C26H25F4N7O3S/c1-15(38)36-8-2-3-20(13-36)37-25-22(24(31)32-14-33-25)23(35-37)17-6-4-16(5-7-17)12-34-41(39,40)21-10-18(26(28,29)30)9-19(27)11-21/h4-7,9-11,14,20,34H,2-3,8,12-13H2,1H3,(H2,31,32,33)/t20-/m1/s1.